The lowest BCUT2D eigenvalue weighted by atomic mass is 10.0. The standard InChI is InChI=1S/C21H18Cl3NO3S/c1-15(21(26)16-7-4-2-3-5-8-16)13-17(22)9-6-12-25-29(27,28)18-10-11-19(23)20(24)14-18/h2,4-14,25H,3H2,1H3/b12-6+,15-13+,17-9+. The number of carbonyl (C=O) groups excluding carboxylic acids is 1. The summed E-state index contributed by atoms with van der Waals surface area (Å²) in [7, 11) is -3.80. The molecule has 0 bridgehead atoms. The summed E-state index contributed by atoms with van der Waals surface area (Å²) >= 11 is 17.8. The molecule has 1 aromatic carbocycles. The van der Waals surface area contributed by atoms with Gasteiger partial charge >= 0.3 is 0 Å². The Balaban J connectivity index is 2.04. The van der Waals surface area contributed by atoms with Crippen molar-refractivity contribution in [3.63, 3.8) is 0 Å². The second-order valence-electron chi connectivity index (χ2n) is 5.95. The summed E-state index contributed by atoms with van der Waals surface area (Å²) in [6.07, 6.45) is 15.6. The number of nitrogens with one attached hydrogen (secondary N) is 1. The van der Waals surface area contributed by atoms with E-state index >= 15 is 0 Å². The predicted molar refractivity (Wildman–Crippen MR) is 120 cm³/mol. The molecular weight excluding hydrogens is 453 g/mol. The zero-order chi connectivity index (χ0) is 21.4. The first kappa shape index (κ1) is 23.2. The van der Waals surface area contributed by atoms with E-state index in [9.17, 15) is 13.2 Å². The van der Waals surface area contributed by atoms with Gasteiger partial charge in [-0.3, -0.25) is 9.52 Å². The molecule has 8 heteroatoms. The summed E-state index contributed by atoms with van der Waals surface area (Å²) in [4.78, 5) is 12.4. The summed E-state index contributed by atoms with van der Waals surface area (Å²) in [6, 6.07) is 4.00. The number of hydrogen-bond donors (Lipinski definition) is 1. The number of allylic oxidation sites excluding steroid dienone is 11. The van der Waals surface area contributed by atoms with Crippen LogP contribution in [0.15, 0.2) is 94.1 Å². The Kier molecular flexibility index (Phi) is 8.53. The first-order chi connectivity index (χ1) is 13.7. The fourth-order valence-corrected chi connectivity index (χ4v) is 3.77. The molecule has 1 N–H and O–H groups in total. The summed E-state index contributed by atoms with van der Waals surface area (Å²) in [6.45, 7) is 1.67. The summed E-state index contributed by atoms with van der Waals surface area (Å²) in [5.41, 5.74) is 1.03. The van der Waals surface area contributed by atoms with Gasteiger partial charge < -0.3 is 0 Å². The quantitative estimate of drug-likeness (QED) is 0.400. The van der Waals surface area contributed by atoms with Crippen molar-refractivity contribution in [3.8, 4) is 0 Å². The van der Waals surface area contributed by atoms with E-state index in [0.29, 0.717) is 11.1 Å². The normalized spacial score (nSPS) is 15.4. The van der Waals surface area contributed by atoms with Gasteiger partial charge in [-0.2, -0.15) is 0 Å². The molecule has 0 fully saturated rings. The molecule has 0 aromatic heterocycles. The van der Waals surface area contributed by atoms with E-state index in [-0.39, 0.29) is 25.8 Å². The minimum absolute atomic E-state index is 0.0215. The van der Waals surface area contributed by atoms with Crippen LogP contribution in [0.25, 0.3) is 0 Å². The lowest BCUT2D eigenvalue weighted by Crippen LogP contribution is -2.17. The van der Waals surface area contributed by atoms with Crippen LogP contribution in [0.1, 0.15) is 13.3 Å². The highest BCUT2D eigenvalue weighted by Crippen LogP contribution is 2.24. The molecule has 0 radical (unpaired) electrons. The lowest BCUT2D eigenvalue weighted by Gasteiger charge is -2.04. The van der Waals surface area contributed by atoms with Crippen molar-refractivity contribution in [2.75, 3.05) is 0 Å². The van der Waals surface area contributed by atoms with Crippen molar-refractivity contribution in [1.29, 1.82) is 0 Å². The van der Waals surface area contributed by atoms with Gasteiger partial charge in [0.2, 0.25) is 0 Å². The number of rotatable bonds is 7. The number of benzene rings is 1. The molecule has 1 aliphatic rings. The van der Waals surface area contributed by atoms with Crippen molar-refractivity contribution in [2.24, 2.45) is 0 Å². The van der Waals surface area contributed by atoms with Gasteiger partial charge in [0.1, 0.15) is 0 Å². The molecule has 29 heavy (non-hydrogen) atoms. The van der Waals surface area contributed by atoms with Gasteiger partial charge in [0.15, 0.2) is 5.78 Å². The number of ketones is 1. The molecule has 0 unspecified atom stereocenters. The monoisotopic (exact) mass is 469 g/mol. The van der Waals surface area contributed by atoms with Crippen LogP contribution in [0.2, 0.25) is 10.0 Å². The Hall–Kier alpha value is -2.05. The predicted octanol–water partition coefficient (Wildman–Crippen LogP) is 5.87. The van der Waals surface area contributed by atoms with Crippen LogP contribution >= 0.6 is 34.8 Å². The topological polar surface area (TPSA) is 63.2 Å². The zero-order valence-electron chi connectivity index (χ0n) is 15.4. The van der Waals surface area contributed by atoms with Gasteiger partial charge in [-0.1, -0.05) is 65.2 Å². The minimum Gasteiger partial charge on any atom is -0.289 e. The summed E-state index contributed by atoms with van der Waals surface area (Å²) < 4.78 is 26.7. The second kappa shape index (κ2) is 10.6. The third-order valence-electron chi connectivity index (χ3n) is 3.73. The van der Waals surface area contributed by atoms with E-state index in [2.05, 4.69) is 4.72 Å². The van der Waals surface area contributed by atoms with Gasteiger partial charge in [0.05, 0.1) is 14.9 Å². The SMILES string of the molecule is C\C(=C/C(Cl)=C\C=C\NS(=O)(=O)c1ccc(Cl)c(Cl)c1)C(=O)C1=CC=CCC=C1. The number of sulfonamides is 1. The number of carbonyl (C=O) groups is 1. The average Bonchev–Trinajstić information content (AvgIpc) is 2.96. The number of hydrogen-bond acceptors (Lipinski definition) is 3. The fraction of sp³-hybridized carbons (Fsp3) is 0.0952. The van der Waals surface area contributed by atoms with E-state index < -0.39 is 10.0 Å². The first-order valence-electron chi connectivity index (χ1n) is 8.47. The maximum atomic E-state index is 12.4. The summed E-state index contributed by atoms with van der Waals surface area (Å²) in [5.74, 6) is -0.136. The number of Topliss-reactive ketones (excluding diaryl/α,β-unsaturated/α-hetero) is 1. The highest BCUT2D eigenvalue weighted by Gasteiger charge is 2.13. The fourth-order valence-electron chi connectivity index (χ4n) is 2.26. The molecule has 2 rings (SSSR count). The molecule has 0 spiro atoms. The molecule has 4 nitrogen and oxygen atoms in total. The zero-order valence-corrected chi connectivity index (χ0v) is 18.5. The van der Waals surface area contributed by atoms with Crippen LogP contribution in [-0.2, 0) is 14.8 Å². The molecule has 1 aromatic rings. The maximum absolute atomic E-state index is 12.4. The molecular formula is C21H18Cl3NO3S. The molecule has 1 aliphatic carbocycles. The molecule has 0 saturated carbocycles. The van der Waals surface area contributed by atoms with Gasteiger partial charge in [-0.15, -0.1) is 0 Å². The van der Waals surface area contributed by atoms with Crippen molar-refractivity contribution >= 4 is 50.6 Å². The molecule has 0 heterocycles. The Morgan fingerprint density at radius 1 is 1.17 bits per heavy atom. The third-order valence-corrected chi connectivity index (χ3v) is 6.03. The Morgan fingerprint density at radius 3 is 2.66 bits per heavy atom. The van der Waals surface area contributed by atoms with Crippen molar-refractivity contribution in [2.45, 2.75) is 18.2 Å². The maximum Gasteiger partial charge on any atom is 0.261 e. The second-order valence-corrected chi connectivity index (χ2v) is 8.92. The largest absolute Gasteiger partial charge is 0.289 e. The van der Waals surface area contributed by atoms with E-state index in [1.165, 1.54) is 42.6 Å². The average molecular weight is 471 g/mol. The van der Waals surface area contributed by atoms with Gasteiger partial charge in [-0.25, -0.2) is 8.42 Å². The lowest BCUT2D eigenvalue weighted by molar-refractivity contribution is -0.111. The molecule has 0 atom stereocenters. The molecule has 0 aliphatic heterocycles. The summed E-state index contributed by atoms with van der Waals surface area (Å²) in [5, 5.41) is 0.675. The smallest absolute Gasteiger partial charge is 0.261 e. The van der Waals surface area contributed by atoms with E-state index in [1.54, 1.807) is 19.1 Å². The highest BCUT2D eigenvalue weighted by atomic mass is 35.5. The Bertz CT molecular complexity index is 1080. The Morgan fingerprint density at radius 2 is 1.93 bits per heavy atom. The van der Waals surface area contributed by atoms with Crippen molar-refractivity contribution in [1.82, 2.24) is 4.72 Å². The number of halogens is 3. The van der Waals surface area contributed by atoms with E-state index in [4.69, 9.17) is 34.8 Å². The van der Waals surface area contributed by atoms with Crippen LogP contribution in [0.3, 0.4) is 0 Å². The third kappa shape index (κ3) is 7.05. The molecule has 152 valence electrons. The molecule has 0 saturated heterocycles. The van der Waals surface area contributed by atoms with Crippen LogP contribution in [-0.4, -0.2) is 14.2 Å². The van der Waals surface area contributed by atoms with Gasteiger partial charge in [0, 0.05) is 16.8 Å². The van der Waals surface area contributed by atoms with Crippen LogP contribution < -0.4 is 4.72 Å². The first-order valence-corrected chi connectivity index (χ1v) is 11.1. The molecule has 0 amide bonds. The van der Waals surface area contributed by atoms with Crippen LogP contribution in [0.4, 0.5) is 0 Å². The highest BCUT2D eigenvalue weighted by molar-refractivity contribution is 7.89. The van der Waals surface area contributed by atoms with Crippen LogP contribution in [0.5, 0.6) is 0 Å². The Labute approximate surface area is 185 Å². The van der Waals surface area contributed by atoms with E-state index in [0.717, 1.165) is 6.42 Å². The van der Waals surface area contributed by atoms with E-state index in [1.807, 2.05) is 18.2 Å². The van der Waals surface area contributed by atoms with Crippen molar-refractivity contribution < 1.29 is 13.2 Å². The minimum atomic E-state index is -3.80. The van der Waals surface area contributed by atoms with Crippen molar-refractivity contribution in [3.05, 3.63) is 99.2 Å². The van der Waals surface area contributed by atoms with Crippen LogP contribution in [0, 0.1) is 0 Å². The van der Waals surface area contributed by atoms with Gasteiger partial charge in [-0.05, 0) is 55.3 Å². The van der Waals surface area contributed by atoms with Gasteiger partial charge in [0.25, 0.3) is 10.0 Å².